The summed E-state index contributed by atoms with van der Waals surface area (Å²) in [7, 11) is 0. The summed E-state index contributed by atoms with van der Waals surface area (Å²) in [5, 5.41) is 6.51. The maximum atomic E-state index is 11.8. The van der Waals surface area contributed by atoms with Gasteiger partial charge in [0.1, 0.15) is 11.5 Å². The standard InChI is InChI=1S/C13H17N5O4S/c1-9-6-10(15-22-9)7-14-11(19)8-21-13-12(16-23-17-13)18-2-4-20-5-3-18/h6H,2-5,7-8H2,1H3,(H,14,19). The fourth-order valence-corrected chi connectivity index (χ4v) is 2.63. The molecule has 3 rings (SSSR count). The van der Waals surface area contributed by atoms with E-state index >= 15 is 0 Å². The maximum Gasteiger partial charge on any atom is 0.271 e. The summed E-state index contributed by atoms with van der Waals surface area (Å²) in [6.45, 7) is 4.73. The van der Waals surface area contributed by atoms with Crippen molar-refractivity contribution in [1.29, 1.82) is 0 Å². The molecule has 1 amide bonds. The van der Waals surface area contributed by atoms with Crippen molar-refractivity contribution in [3.05, 3.63) is 17.5 Å². The average molecular weight is 339 g/mol. The van der Waals surface area contributed by atoms with Crippen molar-refractivity contribution in [1.82, 2.24) is 19.2 Å². The number of carbonyl (C=O) groups excluding carboxylic acids is 1. The molecule has 0 saturated carbocycles. The molecule has 10 heteroatoms. The van der Waals surface area contributed by atoms with Crippen LogP contribution in [0.4, 0.5) is 5.82 Å². The van der Waals surface area contributed by atoms with E-state index in [0.29, 0.717) is 42.9 Å². The van der Waals surface area contributed by atoms with Gasteiger partial charge < -0.3 is 24.2 Å². The number of nitrogens with one attached hydrogen (secondary N) is 1. The number of morpholine rings is 1. The van der Waals surface area contributed by atoms with Gasteiger partial charge in [-0.15, -0.1) is 4.37 Å². The Kier molecular flexibility index (Phi) is 5.03. The molecule has 9 nitrogen and oxygen atoms in total. The second kappa shape index (κ2) is 7.38. The molecule has 23 heavy (non-hydrogen) atoms. The molecule has 1 N–H and O–H groups in total. The lowest BCUT2D eigenvalue weighted by Crippen LogP contribution is -2.37. The average Bonchev–Trinajstić information content (AvgIpc) is 3.20. The molecule has 3 heterocycles. The highest BCUT2D eigenvalue weighted by atomic mass is 32.1. The summed E-state index contributed by atoms with van der Waals surface area (Å²) in [6.07, 6.45) is 0. The third-order valence-electron chi connectivity index (χ3n) is 3.24. The van der Waals surface area contributed by atoms with E-state index in [-0.39, 0.29) is 12.5 Å². The molecule has 1 saturated heterocycles. The molecular weight excluding hydrogens is 322 g/mol. The van der Waals surface area contributed by atoms with Crippen LogP contribution in [0.5, 0.6) is 5.88 Å². The van der Waals surface area contributed by atoms with E-state index in [9.17, 15) is 4.79 Å². The first-order chi connectivity index (χ1) is 11.2. The molecule has 0 unspecified atom stereocenters. The lowest BCUT2D eigenvalue weighted by molar-refractivity contribution is -0.123. The third-order valence-corrected chi connectivity index (χ3v) is 3.74. The number of aryl methyl sites for hydroxylation is 1. The van der Waals surface area contributed by atoms with Crippen LogP contribution in [0.15, 0.2) is 10.6 Å². The number of ether oxygens (including phenoxy) is 2. The molecule has 0 radical (unpaired) electrons. The van der Waals surface area contributed by atoms with E-state index in [1.54, 1.807) is 13.0 Å². The van der Waals surface area contributed by atoms with Crippen LogP contribution >= 0.6 is 11.7 Å². The molecule has 124 valence electrons. The van der Waals surface area contributed by atoms with E-state index in [2.05, 4.69) is 19.2 Å². The van der Waals surface area contributed by atoms with Crippen molar-refractivity contribution in [3.63, 3.8) is 0 Å². The van der Waals surface area contributed by atoms with Gasteiger partial charge in [0.2, 0.25) is 5.82 Å². The van der Waals surface area contributed by atoms with Gasteiger partial charge in [-0.3, -0.25) is 4.79 Å². The van der Waals surface area contributed by atoms with Gasteiger partial charge in [0.15, 0.2) is 6.61 Å². The molecule has 0 spiro atoms. The van der Waals surface area contributed by atoms with Crippen molar-refractivity contribution in [2.45, 2.75) is 13.5 Å². The molecular formula is C13H17N5O4S. The van der Waals surface area contributed by atoms with Crippen LogP contribution in [0, 0.1) is 6.92 Å². The van der Waals surface area contributed by atoms with Gasteiger partial charge in [-0.05, 0) is 6.92 Å². The highest BCUT2D eigenvalue weighted by Gasteiger charge is 2.20. The van der Waals surface area contributed by atoms with E-state index in [1.165, 1.54) is 0 Å². The molecule has 1 aliphatic rings. The van der Waals surface area contributed by atoms with Gasteiger partial charge in [0, 0.05) is 19.2 Å². The summed E-state index contributed by atoms with van der Waals surface area (Å²) in [6, 6.07) is 1.77. The Morgan fingerprint density at radius 3 is 3.00 bits per heavy atom. The minimum atomic E-state index is -0.258. The first-order valence-corrected chi connectivity index (χ1v) is 7.92. The normalized spacial score (nSPS) is 14.7. The Balaban J connectivity index is 1.48. The molecule has 0 bridgehead atoms. The molecule has 1 aliphatic heterocycles. The summed E-state index contributed by atoms with van der Waals surface area (Å²) in [5.41, 5.74) is 0.667. The number of aromatic nitrogens is 3. The van der Waals surface area contributed by atoms with Gasteiger partial charge >= 0.3 is 0 Å². The number of nitrogens with zero attached hydrogens (tertiary/aromatic N) is 4. The van der Waals surface area contributed by atoms with Crippen molar-refractivity contribution >= 4 is 23.5 Å². The third kappa shape index (κ3) is 4.17. The predicted octanol–water partition coefficient (Wildman–Crippen LogP) is 0.366. The minimum absolute atomic E-state index is 0.125. The van der Waals surface area contributed by atoms with E-state index in [0.717, 1.165) is 24.8 Å². The SMILES string of the molecule is Cc1cc(CNC(=O)COc2nsnc2N2CCOCC2)no1. The summed E-state index contributed by atoms with van der Waals surface area (Å²) >= 11 is 1.06. The smallest absolute Gasteiger partial charge is 0.271 e. The first kappa shape index (κ1) is 15.7. The van der Waals surface area contributed by atoms with Crippen LogP contribution in [0.2, 0.25) is 0 Å². The van der Waals surface area contributed by atoms with Crippen LogP contribution < -0.4 is 15.0 Å². The molecule has 1 fully saturated rings. The second-order valence-electron chi connectivity index (χ2n) is 4.99. The second-order valence-corrected chi connectivity index (χ2v) is 5.52. The van der Waals surface area contributed by atoms with E-state index in [1.807, 2.05) is 4.90 Å². The van der Waals surface area contributed by atoms with Crippen LogP contribution in [0.3, 0.4) is 0 Å². The highest BCUT2D eigenvalue weighted by Crippen LogP contribution is 2.26. The Bertz CT molecular complexity index is 652. The number of anilines is 1. The van der Waals surface area contributed by atoms with E-state index < -0.39 is 0 Å². The number of carbonyl (C=O) groups is 1. The molecule has 0 aliphatic carbocycles. The zero-order chi connectivity index (χ0) is 16.1. The maximum absolute atomic E-state index is 11.8. The largest absolute Gasteiger partial charge is 0.464 e. The fraction of sp³-hybridized carbons (Fsp3) is 0.538. The molecule has 2 aromatic heterocycles. The van der Waals surface area contributed by atoms with Crippen LogP contribution in [-0.4, -0.2) is 52.7 Å². The van der Waals surface area contributed by atoms with Gasteiger partial charge in [-0.25, -0.2) is 0 Å². The molecule has 2 aromatic rings. The van der Waals surface area contributed by atoms with Crippen molar-refractivity contribution in [2.24, 2.45) is 0 Å². The van der Waals surface area contributed by atoms with Crippen LogP contribution in [0.25, 0.3) is 0 Å². The Morgan fingerprint density at radius 1 is 1.43 bits per heavy atom. The molecule has 0 atom stereocenters. The van der Waals surface area contributed by atoms with Crippen molar-refractivity contribution in [3.8, 4) is 5.88 Å². The number of amides is 1. The van der Waals surface area contributed by atoms with E-state index in [4.69, 9.17) is 14.0 Å². The van der Waals surface area contributed by atoms with Gasteiger partial charge in [-0.2, -0.15) is 4.37 Å². The Labute approximate surface area is 136 Å². The summed E-state index contributed by atoms with van der Waals surface area (Å²) in [5.74, 6) is 1.49. The predicted molar refractivity (Wildman–Crippen MR) is 81.5 cm³/mol. The lowest BCUT2D eigenvalue weighted by atomic mass is 10.4. The zero-order valence-electron chi connectivity index (χ0n) is 12.7. The fourth-order valence-electron chi connectivity index (χ4n) is 2.11. The number of hydrogen-bond donors (Lipinski definition) is 1. The Morgan fingerprint density at radius 2 is 2.26 bits per heavy atom. The van der Waals surface area contributed by atoms with Crippen LogP contribution in [0.1, 0.15) is 11.5 Å². The van der Waals surface area contributed by atoms with Gasteiger partial charge in [0.25, 0.3) is 11.8 Å². The highest BCUT2D eigenvalue weighted by molar-refractivity contribution is 6.99. The Hall–Kier alpha value is -2.20. The first-order valence-electron chi connectivity index (χ1n) is 7.19. The topological polar surface area (TPSA) is 103 Å². The summed E-state index contributed by atoms with van der Waals surface area (Å²) < 4.78 is 24.1. The molecule has 0 aromatic carbocycles. The van der Waals surface area contributed by atoms with Crippen molar-refractivity contribution < 1.29 is 18.8 Å². The monoisotopic (exact) mass is 339 g/mol. The minimum Gasteiger partial charge on any atom is -0.464 e. The number of rotatable bonds is 6. The van der Waals surface area contributed by atoms with Crippen LogP contribution in [-0.2, 0) is 16.1 Å². The lowest BCUT2D eigenvalue weighted by Gasteiger charge is -2.26. The quantitative estimate of drug-likeness (QED) is 0.805. The number of hydrogen-bond acceptors (Lipinski definition) is 9. The van der Waals surface area contributed by atoms with Gasteiger partial charge in [-0.1, -0.05) is 5.16 Å². The summed E-state index contributed by atoms with van der Waals surface area (Å²) in [4.78, 5) is 13.9. The van der Waals surface area contributed by atoms with Crippen molar-refractivity contribution in [2.75, 3.05) is 37.8 Å². The van der Waals surface area contributed by atoms with Gasteiger partial charge in [0.05, 0.1) is 31.5 Å². The zero-order valence-corrected chi connectivity index (χ0v) is 13.5.